The van der Waals surface area contributed by atoms with Crippen LogP contribution in [0.3, 0.4) is 0 Å². The van der Waals surface area contributed by atoms with E-state index in [0.29, 0.717) is 12.0 Å². The molecule has 3 rings (SSSR count). The number of hydrogen-bond donors (Lipinski definition) is 1. The van der Waals surface area contributed by atoms with Gasteiger partial charge in [-0.3, -0.25) is 0 Å². The Labute approximate surface area is 126 Å². The minimum Gasteiger partial charge on any atom is -0.379 e. The molecule has 1 aromatic carbocycles. The standard InChI is InChI=1S/C17H25FN2O/c1-12-8-9-20(11-16(12)21-2)17-13(4-3-5-15(17)18)10-19-14-6-7-14/h3-5,12,14,16,19H,6-11H2,1-2H3. The molecule has 1 aromatic rings. The SMILES string of the molecule is COC1CN(c2c(F)cccc2CNC2CC2)CCC1C. The maximum Gasteiger partial charge on any atom is 0.146 e. The van der Waals surface area contributed by atoms with Crippen LogP contribution < -0.4 is 10.2 Å². The molecule has 1 heterocycles. The van der Waals surface area contributed by atoms with Crippen molar-refractivity contribution >= 4 is 5.69 Å². The molecule has 116 valence electrons. The summed E-state index contributed by atoms with van der Waals surface area (Å²) in [6.45, 7) is 4.64. The summed E-state index contributed by atoms with van der Waals surface area (Å²) in [5.74, 6) is 0.417. The fraction of sp³-hybridized carbons (Fsp3) is 0.647. The van der Waals surface area contributed by atoms with Crippen molar-refractivity contribution in [2.24, 2.45) is 5.92 Å². The van der Waals surface area contributed by atoms with Gasteiger partial charge in [0.1, 0.15) is 5.82 Å². The largest absolute Gasteiger partial charge is 0.379 e. The Morgan fingerprint density at radius 1 is 1.33 bits per heavy atom. The van der Waals surface area contributed by atoms with Gasteiger partial charge in [0.25, 0.3) is 0 Å². The van der Waals surface area contributed by atoms with Crippen molar-refractivity contribution < 1.29 is 9.13 Å². The van der Waals surface area contributed by atoms with Crippen molar-refractivity contribution in [3.8, 4) is 0 Å². The predicted molar refractivity (Wildman–Crippen MR) is 83.1 cm³/mol. The molecule has 3 nitrogen and oxygen atoms in total. The number of nitrogens with zero attached hydrogens (tertiary/aromatic N) is 1. The highest BCUT2D eigenvalue weighted by Crippen LogP contribution is 2.30. The van der Waals surface area contributed by atoms with Crippen LogP contribution in [0.4, 0.5) is 10.1 Å². The first-order valence-electron chi connectivity index (χ1n) is 7.97. The van der Waals surface area contributed by atoms with Gasteiger partial charge in [-0.25, -0.2) is 4.39 Å². The zero-order valence-electron chi connectivity index (χ0n) is 12.9. The molecular formula is C17H25FN2O. The summed E-state index contributed by atoms with van der Waals surface area (Å²) >= 11 is 0. The molecule has 2 fully saturated rings. The lowest BCUT2D eigenvalue weighted by Gasteiger charge is -2.38. The van der Waals surface area contributed by atoms with Crippen LogP contribution in [0.25, 0.3) is 0 Å². The van der Waals surface area contributed by atoms with E-state index in [1.54, 1.807) is 13.2 Å². The summed E-state index contributed by atoms with van der Waals surface area (Å²) in [6, 6.07) is 6.04. The number of methoxy groups -OCH3 is 1. The van der Waals surface area contributed by atoms with Crippen LogP contribution in [0.2, 0.25) is 0 Å². The summed E-state index contributed by atoms with van der Waals surface area (Å²) in [6.07, 6.45) is 3.72. The molecule has 0 aromatic heterocycles. The van der Waals surface area contributed by atoms with Crippen molar-refractivity contribution in [3.05, 3.63) is 29.6 Å². The van der Waals surface area contributed by atoms with Gasteiger partial charge in [-0.15, -0.1) is 0 Å². The van der Waals surface area contributed by atoms with Crippen molar-refractivity contribution in [1.82, 2.24) is 5.32 Å². The van der Waals surface area contributed by atoms with Crippen LogP contribution in [0, 0.1) is 11.7 Å². The monoisotopic (exact) mass is 292 g/mol. The Bertz CT molecular complexity index is 490. The molecule has 21 heavy (non-hydrogen) atoms. The van der Waals surface area contributed by atoms with Crippen molar-refractivity contribution in [2.45, 2.75) is 44.9 Å². The molecule has 0 spiro atoms. The van der Waals surface area contributed by atoms with Crippen molar-refractivity contribution in [3.63, 3.8) is 0 Å². The highest BCUT2D eigenvalue weighted by Gasteiger charge is 2.29. The van der Waals surface area contributed by atoms with Crippen LogP contribution >= 0.6 is 0 Å². The molecule has 0 bridgehead atoms. The lowest BCUT2D eigenvalue weighted by molar-refractivity contribution is 0.0496. The fourth-order valence-corrected chi connectivity index (χ4v) is 3.14. The highest BCUT2D eigenvalue weighted by atomic mass is 19.1. The van der Waals surface area contributed by atoms with Gasteiger partial charge in [-0.1, -0.05) is 19.1 Å². The van der Waals surface area contributed by atoms with E-state index in [4.69, 9.17) is 4.74 Å². The normalized spacial score (nSPS) is 26.1. The third-order valence-corrected chi connectivity index (χ3v) is 4.74. The van der Waals surface area contributed by atoms with Crippen molar-refractivity contribution in [2.75, 3.05) is 25.1 Å². The lowest BCUT2D eigenvalue weighted by Crippen LogP contribution is -2.44. The smallest absolute Gasteiger partial charge is 0.146 e. The van der Waals surface area contributed by atoms with Crippen LogP contribution in [-0.2, 0) is 11.3 Å². The summed E-state index contributed by atoms with van der Waals surface area (Å²) < 4.78 is 20.0. The van der Waals surface area contributed by atoms with Crippen LogP contribution in [0.5, 0.6) is 0 Å². The topological polar surface area (TPSA) is 24.5 Å². The first kappa shape index (κ1) is 14.8. The lowest BCUT2D eigenvalue weighted by atomic mass is 9.94. The van der Waals surface area contributed by atoms with Gasteiger partial charge in [0, 0.05) is 32.8 Å². The number of nitrogens with one attached hydrogen (secondary N) is 1. The molecule has 2 aliphatic rings. The third-order valence-electron chi connectivity index (χ3n) is 4.74. The molecule has 1 N–H and O–H groups in total. The summed E-state index contributed by atoms with van der Waals surface area (Å²) in [5.41, 5.74) is 1.82. The van der Waals surface area contributed by atoms with Gasteiger partial charge in [0.2, 0.25) is 0 Å². The van der Waals surface area contributed by atoms with E-state index in [-0.39, 0.29) is 11.9 Å². The van der Waals surface area contributed by atoms with E-state index in [2.05, 4.69) is 17.1 Å². The minimum absolute atomic E-state index is 0.116. The maximum absolute atomic E-state index is 14.4. The quantitative estimate of drug-likeness (QED) is 0.903. The first-order valence-corrected chi connectivity index (χ1v) is 7.97. The van der Waals surface area contributed by atoms with Gasteiger partial charge in [-0.05, 0) is 36.8 Å². The number of anilines is 1. The average Bonchev–Trinajstić information content (AvgIpc) is 3.30. The van der Waals surface area contributed by atoms with Gasteiger partial charge >= 0.3 is 0 Å². The van der Waals surface area contributed by atoms with E-state index < -0.39 is 0 Å². The summed E-state index contributed by atoms with van der Waals surface area (Å²) in [7, 11) is 1.75. The number of ether oxygens (including phenoxy) is 1. The van der Waals surface area contributed by atoms with Crippen LogP contribution in [-0.4, -0.2) is 32.3 Å². The highest BCUT2D eigenvalue weighted by molar-refractivity contribution is 5.55. The van der Waals surface area contributed by atoms with E-state index in [9.17, 15) is 4.39 Å². The molecule has 2 atom stereocenters. The molecular weight excluding hydrogens is 267 g/mol. The zero-order chi connectivity index (χ0) is 14.8. The number of para-hydroxylation sites is 1. The van der Waals surface area contributed by atoms with Crippen molar-refractivity contribution in [1.29, 1.82) is 0 Å². The molecule has 0 radical (unpaired) electrons. The zero-order valence-corrected chi connectivity index (χ0v) is 12.9. The molecule has 1 saturated heterocycles. The molecule has 2 unspecified atom stereocenters. The fourth-order valence-electron chi connectivity index (χ4n) is 3.14. The summed E-state index contributed by atoms with van der Waals surface area (Å²) in [4.78, 5) is 2.16. The second kappa shape index (κ2) is 6.32. The molecule has 4 heteroatoms. The Morgan fingerprint density at radius 3 is 2.86 bits per heavy atom. The number of rotatable bonds is 5. The molecule has 1 aliphatic carbocycles. The second-order valence-corrected chi connectivity index (χ2v) is 6.39. The van der Waals surface area contributed by atoms with Crippen LogP contribution in [0.1, 0.15) is 31.7 Å². The Morgan fingerprint density at radius 2 is 2.14 bits per heavy atom. The number of benzene rings is 1. The predicted octanol–water partition coefficient (Wildman–Crippen LogP) is 2.94. The number of halogens is 1. The molecule has 1 saturated carbocycles. The number of piperidine rings is 1. The van der Waals surface area contributed by atoms with E-state index >= 15 is 0 Å². The third kappa shape index (κ3) is 3.38. The first-order chi connectivity index (χ1) is 10.2. The minimum atomic E-state index is -0.116. The van der Waals surface area contributed by atoms with E-state index in [1.807, 2.05) is 12.1 Å². The summed E-state index contributed by atoms with van der Waals surface area (Å²) in [5, 5.41) is 3.49. The Kier molecular flexibility index (Phi) is 4.45. The maximum atomic E-state index is 14.4. The Balaban J connectivity index is 1.78. The second-order valence-electron chi connectivity index (χ2n) is 6.39. The van der Waals surface area contributed by atoms with E-state index in [0.717, 1.165) is 37.3 Å². The number of hydrogen-bond acceptors (Lipinski definition) is 3. The van der Waals surface area contributed by atoms with Crippen LogP contribution in [0.15, 0.2) is 18.2 Å². The Hall–Kier alpha value is -1.13. The molecule has 1 aliphatic heterocycles. The molecule has 0 amide bonds. The van der Waals surface area contributed by atoms with Gasteiger partial charge in [0.05, 0.1) is 11.8 Å². The van der Waals surface area contributed by atoms with Gasteiger partial charge in [0.15, 0.2) is 0 Å². The van der Waals surface area contributed by atoms with Gasteiger partial charge in [-0.2, -0.15) is 0 Å². The van der Waals surface area contributed by atoms with Gasteiger partial charge < -0.3 is 15.0 Å². The van der Waals surface area contributed by atoms with E-state index in [1.165, 1.54) is 12.8 Å². The average molecular weight is 292 g/mol.